The second-order valence-corrected chi connectivity index (χ2v) is 7.97. The summed E-state index contributed by atoms with van der Waals surface area (Å²) in [5.41, 5.74) is -0.794. The molecular formula is C18H31N5O3. The van der Waals surface area contributed by atoms with Crippen molar-refractivity contribution in [2.75, 3.05) is 13.1 Å². The summed E-state index contributed by atoms with van der Waals surface area (Å²) in [6, 6.07) is 0. The number of nitrogens with one attached hydrogen (secondary N) is 1. The maximum Gasteiger partial charge on any atom is 0.345 e. The summed E-state index contributed by atoms with van der Waals surface area (Å²) in [6.07, 6.45) is 3.64. The number of hydrogen-bond acceptors (Lipinski definition) is 4. The first-order valence-electron chi connectivity index (χ1n) is 9.32. The lowest BCUT2D eigenvalue weighted by molar-refractivity contribution is -0.132. The number of carbonyl (C=O) groups is 2. The van der Waals surface area contributed by atoms with Crippen molar-refractivity contribution in [3.05, 3.63) is 16.8 Å². The van der Waals surface area contributed by atoms with Gasteiger partial charge < -0.3 is 10.2 Å². The fourth-order valence-electron chi connectivity index (χ4n) is 3.52. The van der Waals surface area contributed by atoms with E-state index >= 15 is 0 Å². The average molecular weight is 365 g/mol. The zero-order valence-corrected chi connectivity index (χ0v) is 16.5. The molecule has 8 heteroatoms. The molecule has 0 saturated carbocycles. The van der Waals surface area contributed by atoms with Crippen molar-refractivity contribution in [2.45, 2.75) is 59.0 Å². The molecule has 2 rings (SSSR count). The highest BCUT2D eigenvalue weighted by Crippen LogP contribution is 2.25. The van der Waals surface area contributed by atoms with Gasteiger partial charge in [0, 0.05) is 26.6 Å². The first-order chi connectivity index (χ1) is 12.1. The molecular weight excluding hydrogens is 334 g/mol. The number of likely N-dealkylation sites (tertiary alicyclic amines) is 1. The van der Waals surface area contributed by atoms with Gasteiger partial charge in [-0.3, -0.25) is 14.2 Å². The van der Waals surface area contributed by atoms with E-state index < -0.39 is 5.54 Å². The van der Waals surface area contributed by atoms with Crippen molar-refractivity contribution in [3.8, 4) is 0 Å². The van der Waals surface area contributed by atoms with Gasteiger partial charge in [-0.25, -0.2) is 9.48 Å². The van der Waals surface area contributed by atoms with Crippen molar-refractivity contribution in [1.82, 2.24) is 24.6 Å². The second-order valence-electron chi connectivity index (χ2n) is 7.97. The number of carbonyl (C=O) groups excluding carboxylic acids is 2. The number of nitrogens with zero attached hydrogens (tertiary/aromatic N) is 4. The quantitative estimate of drug-likeness (QED) is 0.773. The molecule has 1 fully saturated rings. The lowest BCUT2D eigenvalue weighted by atomic mass is 9.90. The SMILES string of the molecule is CCC(CC(=O)N1CCC(C)(NC(=O)Cn2ncn(C)c2=O)C1)C(C)C. The maximum absolute atomic E-state index is 12.6. The van der Waals surface area contributed by atoms with Crippen LogP contribution in [0.5, 0.6) is 0 Å². The lowest BCUT2D eigenvalue weighted by Gasteiger charge is -2.27. The molecule has 1 aromatic heterocycles. The molecule has 0 bridgehead atoms. The first kappa shape index (κ1) is 20.2. The molecule has 0 aliphatic carbocycles. The van der Waals surface area contributed by atoms with Gasteiger partial charge in [0.1, 0.15) is 12.9 Å². The fraction of sp³-hybridized carbons (Fsp3) is 0.778. The van der Waals surface area contributed by atoms with Crippen LogP contribution in [0.2, 0.25) is 0 Å². The van der Waals surface area contributed by atoms with Gasteiger partial charge in [0.15, 0.2) is 0 Å². The van der Waals surface area contributed by atoms with Gasteiger partial charge in [0.05, 0.1) is 5.54 Å². The van der Waals surface area contributed by atoms with Crippen molar-refractivity contribution in [3.63, 3.8) is 0 Å². The van der Waals surface area contributed by atoms with Gasteiger partial charge in [0.25, 0.3) is 0 Å². The Kier molecular flexibility index (Phi) is 6.26. The first-order valence-corrected chi connectivity index (χ1v) is 9.32. The average Bonchev–Trinajstić information content (AvgIpc) is 3.09. The van der Waals surface area contributed by atoms with E-state index in [0.29, 0.717) is 37.8 Å². The van der Waals surface area contributed by atoms with Gasteiger partial charge in [-0.15, -0.1) is 0 Å². The van der Waals surface area contributed by atoms with Crippen molar-refractivity contribution < 1.29 is 9.59 Å². The highest BCUT2D eigenvalue weighted by molar-refractivity contribution is 5.78. The summed E-state index contributed by atoms with van der Waals surface area (Å²) in [5.74, 6) is 0.759. The molecule has 26 heavy (non-hydrogen) atoms. The molecule has 0 radical (unpaired) electrons. The molecule has 8 nitrogen and oxygen atoms in total. The van der Waals surface area contributed by atoms with Crippen LogP contribution in [0.1, 0.15) is 47.0 Å². The Morgan fingerprint density at radius 1 is 1.38 bits per heavy atom. The van der Waals surface area contributed by atoms with E-state index in [4.69, 9.17) is 0 Å². The molecule has 1 aliphatic rings. The Morgan fingerprint density at radius 3 is 2.62 bits per heavy atom. The van der Waals surface area contributed by atoms with Crippen LogP contribution in [0.15, 0.2) is 11.1 Å². The van der Waals surface area contributed by atoms with E-state index in [1.54, 1.807) is 7.05 Å². The summed E-state index contributed by atoms with van der Waals surface area (Å²) in [5, 5.41) is 6.87. The normalized spacial score (nSPS) is 21.2. The standard InChI is InChI=1S/C18H31N5O3/c1-6-14(13(2)3)9-16(25)22-8-7-18(4,11-22)20-15(24)10-23-17(26)21(5)12-19-23/h12-14H,6-11H2,1-5H3,(H,20,24). The number of aromatic nitrogens is 3. The highest BCUT2D eigenvalue weighted by Gasteiger charge is 2.37. The van der Waals surface area contributed by atoms with Crippen LogP contribution in [0.4, 0.5) is 0 Å². The third-order valence-corrected chi connectivity index (χ3v) is 5.35. The predicted octanol–water partition coefficient (Wildman–Crippen LogP) is 0.761. The maximum atomic E-state index is 12.6. The highest BCUT2D eigenvalue weighted by atomic mass is 16.2. The molecule has 1 saturated heterocycles. The Balaban J connectivity index is 1.91. The van der Waals surface area contributed by atoms with Crippen LogP contribution in [-0.2, 0) is 23.2 Å². The summed E-state index contributed by atoms with van der Waals surface area (Å²) in [6.45, 7) is 9.39. The molecule has 2 atom stereocenters. The topological polar surface area (TPSA) is 89.2 Å². The van der Waals surface area contributed by atoms with E-state index in [1.165, 1.54) is 10.9 Å². The molecule has 0 aromatic carbocycles. The van der Waals surface area contributed by atoms with Crippen LogP contribution < -0.4 is 11.0 Å². The third kappa shape index (κ3) is 4.74. The van der Waals surface area contributed by atoms with Crippen LogP contribution in [0, 0.1) is 11.8 Å². The Labute approximate surface area is 154 Å². The van der Waals surface area contributed by atoms with Crippen molar-refractivity contribution in [1.29, 1.82) is 0 Å². The Bertz CT molecular complexity index is 708. The molecule has 2 unspecified atom stereocenters. The molecule has 2 amide bonds. The van der Waals surface area contributed by atoms with Crippen molar-refractivity contribution >= 4 is 11.8 Å². The van der Waals surface area contributed by atoms with Gasteiger partial charge in [-0.05, 0) is 25.2 Å². The number of hydrogen-bond donors (Lipinski definition) is 1. The Morgan fingerprint density at radius 2 is 2.08 bits per heavy atom. The predicted molar refractivity (Wildman–Crippen MR) is 98.4 cm³/mol. The van der Waals surface area contributed by atoms with Crippen molar-refractivity contribution in [2.24, 2.45) is 18.9 Å². The molecule has 146 valence electrons. The van der Waals surface area contributed by atoms with E-state index in [9.17, 15) is 14.4 Å². The van der Waals surface area contributed by atoms with Gasteiger partial charge in [0.2, 0.25) is 11.8 Å². The van der Waals surface area contributed by atoms with Crippen LogP contribution in [-0.4, -0.2) is 49.7 Å². The van der Waals surface area contributed by atoms with Gasteiger partial charge in [-0.1, -0.05) is 27.2 Å². The molecule has 0 spiro atoms. The summed E-state index contributed by atoms with van der Waals surface area (Å²) in [4.78, 5) is 38.5. The van der Waals surface area contributed by atoms with Crippen LogP contribution in [0.25, 0.3) is 0 Å². The largest absolute Gasteiger partial charge is 0.347 e. The van der Waals surface area contributed by atoms with E-state index in [1.807, 2.05) is 11.8 Å². The van der Waals surface area contributed by atoms with Crippen LogP contribution in [0.3, 0.4) is 0 Å². The third-order valence-electron chi connectivity index (χ3n) is 5.35. The Hall–Kier alpha value is -2.12. The minimum Gasteiger partial charge on any atom is -0.347 e. The number of aryl methyl sites for hydroxylation is 1. The van der Waals surface area contributed by atoms with Gasteiger partial charge in [-0.2, -0.15) is 5.10 Å². The fourth-order valence-corrected chi connectivity index (χ4v) is 3.52. The minimum atomic E-state index is -0.468. The monoisotopic (exact) mass is 365 g/mol. The molecule has 1 aromatic rings. The summed E-state index contributed by atoms with van der Waals surface area (Å²) < 4.78 is 2.45. The molecule has 1 aliphatic heterocycles. The lowest BCUT2D eigenvalue weighted by Crippen LogP contribution is -2.50. The van der Waals surface area contributed by atoms with E-state index in [0.717, 1.165) is 11.1 Å². The second kappa shape index (κ2) is 8.05. The molecule has 2 heterocycles. The van der Waals surface area contributed by atoms with Gasteiger partial charge >= 0.3 is 5.69 Å². The zero-order valence-electron chi connectivity index (χ0n) is 16.5. The number of rotatable bonds is 7. The minimum absolute atomic E-state index is 0.117. The smallest absolute Gasteiger partial charge is 0.345 e. The van der Waals surface area contributed by atoms with Crippen LogP contribution >= 0.6 is 0 Å². The summed E-state index contributed by atoms with van der Waals surface area (Å²) in [7, 11) is 1.59. The summed E-state index contributed by atoms with van der Waals surface area (Å²) >= 11 is 0. The number of amides is 2. The molecule has 1 N–H and O–H groups in total. The zero-order chi connectivity index (χ0) is 19.5. The van der Waals surface area contributed by atoms with E-state index in [-0.39, 0.29) is 24.0 Å². The van der Waals surface area contributed by atoms with E-state index in [2.05, 4.69) is 31.2 Å².